The number of hydrogen-bond acceptors (Lipinski definition) is 5. The average molecular weight is 304 g/mol. The van der Waals surface area contributed by atoms with Gasteiger partial charge < -0.3 is 14.5 Å². The lowest BCUT2D eigenvalue weighted by molar-refractivity contribution is -0.139. The van der Waals surface area contributed by atoms with Crippen molar-refractivity contribution in [3.63, 3.8) is 0 Å². The monoisotopic (exact) mass is 304 g/mol. The summed E-state index contributed by atoms with van der Waals surface area (Å²) in [4.78, 5) is 24.9. The van der Waals surface area contributed by atoms with Crippen LogP contribution in [0.1, 0.15) is 25.7 Å². The molecule has 22 heavy (non-hydrogen) atoms. The molecule has 1 atom stereocenters. The summed E-state index contributed by atoms with van der Waals surface area (Å²) in [6.45, 7) is 3.58. The molecule has 1 unspecified atom stereocenters. The van der Waals surface area contributed by atoms with Gasteiger partial charge in [0.1, 0.15) is 12.4 Å². The highest BCUT2D eigenvalue weighted by atomic mass is 16.5. The van der Waals surface area contributed by atoms with Crippen LogP contribution in [0.2, 0.25) is 0 Å². The topological polar surface area (TPSA) is 58.6 Å². The third kappa shape index (κ3) is 3.74. The normalized spacial score (nSPS) is 24.2. The van der Waals surface area contributed by atoms with Gasteiger partial charge in [-0.1, -0.05) is 0 Å². The first-order valence-electron chi connectivity index (χ1n) is 8.12. The van der Waals surface area contributed by atoms with Gasteiger partial charge in [-0.15, -0.1) is 0 Å². The number of ether oxygens (including phenoxy) is 1. The molecule has 3 heterocycles. The van der Waals surface area contributed by atoms with Gasteiger partial charge in [-0.2, -0.15) is 0 Å². The number of piperidine rings is 2. The fourth-order valence-electron chi connectivity index (χ4n) is 3.34. The summed E-state index contributed by atoms with van der Waals surface area (Å²) in [5.41, 5.74) is 0. The maximum atomic E-state index is 12.6. The molecule has 3 rings (SSSR count). The van der Waals surface area contributed by atoms with E-state index in [1.54, 1.807) is 12.3 Å². The minimum absolute atomic E-state index is 0.146. The van der Waals surface area contributed by atoms with E-state index in [-0.39, 0.29) is 12.0 Å². The Morgan fingerprint density at radius 3 is 2.77 bits per heavy atom. The molecule has 6 heteroatoms. The zero-order valence-electron chi connectivity index (χ0n) is 13.1. The fraction of sp³-hybridized carbons (Fsp3) is 0.688. The van der Waals surface area contributed by atoms with Crippen molar-refractivity contribution < 1.29 is 9.53 Å². The molecule has 6 nitrogen and oxygen atoms in total. The molecule has 1 amide bonds. The van der Waals surface area contributed by atoms with Gasteiger partial charge in [0.2, 0.25) is 11.8 Å². The molecule has 2 saturated heterocycles. The van der Waals surface area contributed by atoms with E-state index in [0.717, 1.165) is 51.9 Å². The van der Waals surface area contributed by atoms with Gasteiger partial charge in [0.05, 0.1) is 5.92 Å². The van der Waals surface area contributed by atoms with Gasteiger partial charge in [-0.05, 0) is 26.4 Å². The number of amides is 1. The maximum Gasteiger partial charge on any atom is 0.226 e. The quantitative estimate of drug-likeness (QED) is 0.839. The highest BCUT2D eigenvalue weighted by Gasteiger charge is 2.31. The number of aromatic nitrogens is 2. The summed E-state index contributed by atoms with van der Waals surface area (Å²) in [6, 6.07) is 1.77. The van der Waals surface area contributed by atoms with Crippen LogP contribution in [0.5, 0.6) is 5.88 Å². The SMILES string of the molecule is CN1CCCC(C(=O)N2CCC(Oc3ccncn3)CC2)C1. The first kappa shape index (κ1) is 15.2. The second-order valence-corrected chi connectivity index (χ2v) is 6.29. The highest BCUT2D eigenvalue weighted by Crippen LogP contribution is 2.22. The van der Waals surface area contributed by atoms with Crippen molar-refractivity contribution >= 4 is 5.91 Å². The molecule has 1 aromatic heterocycles. The third-order valence-electron chi connectivity index (χ3n) is 4.57. The Balaban J connectivity index is 1.48. The van der Waals surface area contributed by atoms with Crippen molar-refractivity contribution in [1.82, 2.24) is 19.8 Å². The lowest BCUT2D eigenvalue weighted by Gasteiger charge is -2.36. The van der Waals surface area contributed by atoms with E-state index >= 15 is 0 Å². The van der Waals surface area contributed by atoms with Crippen LogP contribution in [0, 0.1) is 5.92 Å². The Hall–Kier alpha value is -1.69. The van der Waals surface area contributed by atoms with Crippen LogP contribution >= 0.6 is 0 Å². The summed E-state index contributed by atoms with van der Waals surface area (Å²) in [5.74, 6) is 1.12. The number of rotatable bonds is 3. The molecule has 2 fully saturated rings. The third-order valence-corrected chi connectivity index (χ3v) is 4.57. The smallest absolute Gasteiger partial charge is 0.226 e. The molecule has 0 bridgehead atoms. The largest absolute Gasteiger partial charge is 0.474 e. The minimum Gasteiger partial charge on any atom is -0.474 e. The van der Waals surface area contributed by atoms with Gasteiger partial charge in [0.25, 0.3) is 0 Å². The molecule has 0 radical (unpaired) electrons. The molecular formula is C16H24N4O2. The Labute approximate surface area is 131 Å². The number of hydrogen-bond donors (Lipinski definition) is 0. The first-order valence-corrected chi connectivity index (χ1v) is 8.12. The van der Waals surface area contributed by atoms with Gasteiger partial charge in [0.15, 0.2) is 0 Å². The standard InChI is InChI=1S/C16H24N4O2/c1-19-8-2-3-13(11-19)16(21)20-9-5-14(6-10-20)22-15-4-7-17-12-18-15/h4,7,12-14H,2-3,5-6,8-11H2,1H3. The van der Waals surface area contributed by atoms with Gasteiger partial charge in [-0.25, -0.2) is 9.97 Å². The van der Waals surface area contributed by atoms with Crippen LogP contribution in [0.4, 0.5) is 0 Å². The molecule has 0 aromatic carbocycles. The van der Waals surface area contributed by atoms with Gasteiger partial charge in [0, 0.05) is 44.7 Å². The van der Waals surface area contributed by atoms with Gasteiger partial charge >= 0.3 is 0 Å². The van der Waals surface area contributed by atoms with Crippen LogP contribution in [0.15, 0.2) is 18.6 Å². The summed E-state index contributed by atoms with van der Waals surface area (Å²) < 4.78 is 5.85. The van der Waals surface area contributed by atoms with Crippen molar-refractivity contribution in [1.29, 1.82) is 0 Å². The fourth-order valence-corrected chi connectivity index (χ4v) is 3.34. The van der Waals surface area contributed by atoms with Crippen LogP contribution in [0.3, 0.4) is 0 Å². The molecule has 2 aliphatic rings. The van der Waals surface area contributed by atoms with E-state index in [2.05, 4.69) is 21.9 Å². The van der Waals surface area contributed by atoms with Crippen LogP contribution in [-0.2, 0) is 4.79 Å². The Morgan fingerprint density at radius 1 is 1.27 bits per heavy atom. The predicted octanol–water partition coefficient (Wildman–Crippen LogP) is 1.19. The van der Waals surface area contributed by atoms with E-state index in [1.807, 2.05) is 4.90 Å². The van der Waals surface area contributed by atoms with E-state index < -0.39 is 0 Å². The van der Waals surface area contributed by atoms with Crippen LogP contribution in [-0.4, -0.2) is 65.0 Å². The van der Waals surface area contributed by atoms with E-state index in [1.165, 1.54) is 6.33 Å². The van der Waals surface area contributed by atoms with Crippen molar-refractivity contribution in [3.8, 4) is 5.88 Å². The molecule has 0 N–H and O–H groups in total. The predicted molar refractivity (Wildman–Crippen MR) is 82.5 cm³/mol. The lowest BCUT2D eigenvalue weighted by atomic mass is 9.95. The molecule has 120 valence electrons. The number of carbonyl (C=O) groups excluding carboxylic acids is 1. The maximum absolute atomic E-state index is 12.6. The summed E-state index contributed by atoms with van der Waals surface area (Å²) in [7, 11) is 2.10. The summed E-state index contributed by atoms with van der Waals surface area (Å²) >= 11 is 0. The summed E-state index contributed by atoms with van der Waals surface area (Å²) in [5, 5.41) is 0. The molecule has 2 aliphatic heterocycles. The average Bonchev–Trinajstić information content (AvgIpc) is 2.56. The molecular weight excluding hydrogens is 280 g/mol. The van der Waals surface area contributed by atoms with Crippen molar-refractivity contribution in [2.45, 2.75) is 31.8 Å². The van der Waals surface area contributed by atoms with E-state index in [0.29, 0.717) is 11.8 Å². The number of likely N-dealkylation sites (tertiary alicyclic amines) is 2. The molecule has 0 spiro atoms. The highest BCUT2D eigenvalue weighted by molar-refractivity contribution is 5.79. The Bertz CT molecular complexity index is 488. The Morgan fingerprint density at radius 2 is 2.09 bits per heavy atom. The number of nitrogens with zero attached hydrogens (tertiary/aromatic N) is 4. The zero-order chi connectivity index (χ0) is 15.4. The summed E-state index contributed by atoms with van der Waals surface area (Å²) in [6.07, 6.45) is 7.22. The van der Waals surface area contributed by atoms with Crippen molar-refractivity contribution in [2.75, 3.05) is 33.2 Å². The Kier molecular flexibility index (Phi) is 4.87. The van der Waals surface area contributed by atoms with Gasteiger partial charge in [-0.3, -0.25) is 4.79 Å². The second kappa shape index (κ2) is 7.05. The van der Waals surface area contributed by atoms with E-state index in [9.17, 15) is 4.79 Å². The molecule has 1 aromatic rings. The minimum atomic E-state index is 0.146. The number of carbonyl (C=O) groups is 1. The van der Waals surface area contributed by atoms with Crippen molar-refractivity contribution in [3.05, 3.63) is 18.6 Å². The lowest BCUT2D eigenvalue weighted by Crippen LogP contribution is -2.47. The first-order chi connectivity index (χ1) is 10.7. The van der Waals surface area contributed by atoms with E-state index in [4.69, 9.17) is 4.74 Å². The van der Waals surface area contributed by atoms with Crippen LogP contribution in [0.25, 0.3) is 0 Å². The van der Waals surface area contributed by atoms with Crippen molar-refractivity contribution in [2.24, 2.45) is 5.92 Å². The van der Waals surface area contributed by atoms with Crippen LogP contribution < -0.4 is 4.74 Å². The second-order valence-electron chi connectivity index (χ2n) is 6.29. The molecule has 0 aliphatic carbocycles. The zero-order valence-corrected chi connectivity index (χ0v) is 13.1. The molecule has 0 saturated carbocycles.